The van der Waals surface area contributed by atoms with Crippen molar-refractivity contribution < 1.29 is 108 Å². The molecule has 4 radical (unpaired) electrons. The van der Waals surface area contributed by atoms with E-state index >= 15 is 0 Å². The Bertz CT molecular complexity index is 1880. The minimum atomic E-state index is -2.74. The number of carbonyl (C=O) groups is 5. The van der Waals surface area contributed by atoms with Crippen molar-refractivity contribution >= 4 is 64.2 Å². The van der Waals surface area contributed by atoms with Crippen LogP contribution >= 0.6 is 22.7 Å². The predicted octanol–water partition coefficient (Wildman–Crippen LogP) is 0.532. The van der Waals surface area contributed by atoms with E-state index in [0.29, 0.717) is 62.3 Å². The van der Waals surface area contributed by atoms with Crippen molar-refractivity contribution in [2.75, 3.05) is 24.7 Å². The van der Waals surface area contributed by atoms with Gasteiger partial charge in [0.05, 0.1) is 33.7 Å². The number of aromatic nitrogens is 6. The van der Waals surface area contributed by atoms with Gasteiger partial charge in [0.25, 0.3) is 11.9 Å². The molecule has 0 aliphatic heterocycles. The fourth-order valence-electron chi connectivity index (χ4n) is 4.25. The van der Waals surface area contributed by atoms with Crippen molar-refractivity contribution in [3.8, 4) is 0 Å². The fourth-order valence-corrected chi connectivity index (χ4v) is 6.22. The molecule has 0 bridgehead atoms. The maximum absolute atomic E-state index is 10.3. The topological polar surface area (TPSA) is 406 Å². The molecule has 338 valence electrons. The van der Waals surface area contributed by atoms with Gasteiger partial charge in [-0.1, -0.05) is 22.7 Å². The molecule has 27 heteroatoms. The Kier molecular flexibility index (Phi) is 30.9. The summed E-state index contributed by atoms with van der Waals surface area (Å²) in [7, 11) is 0. The quantitative estimate of drug-likeness (QED) is 0.0574. The SMILES string of the molecule is Cc1ncc(C[n+]2csc(CCO)c2C)c(N)n1.Cc1ncc(C[n+]2csc(CCO)c2C)c(N)n1.O=C(O)CC(O)(CC(=O)O)C(=O)O.[Mn].[Mn].[NH-][CH]C(=O)O.[NH-][CH]C(=O)O. The Morgan fingerprint density at radius 2 is 1.00 bits per heavy atom. The Morgan fingerprint density at radius 1 is 0.689 bits per heavy atom. The van der Waals surface area contributed by atoms with Crippen molar-refractivity contribution in [1.29, 1.82) is 0 Å². The number of hydrogen-bond donors (Lipinski definition) is 10. The van der Waals surface area contributed by atoms with Gasteiger partial charge in [0.1, 0.15) is 23.3 Å². The number of nitrogens with zero attached hydrogens (tertiary/aromatic N) is 6. The van der Waals surface area contributed by atoms with E-state index in [2.05, 4.69) is 29.1 Å². The van der Waals surface area contributed by atoms with Crippen LogP contribution in [0.3, 0.4) is 0 Å². The smallest absolute Gasteiger partial charge is 0.336 e. The number of nitrogens with two attached hydrogens (primary N) is 2. The van der Waals surface area contributed by atoms with E-state index in [1.807, 2.05) is 38.7 Å². The molecule has 0 unspecified atom stereocenters. The first-order valence-corrected chi connectivity index (χ1v) is 18.5. The summed E-state index contributed by atoms with van der Waals surface area (Å²) in [6.45, 7) is 10.1. The van der Waals surface area contributed by atoms with E-state index in [1.54, 1.807) is 35.1 Å². The second-order valence-electron chi connectivity index (χ2n) is 11.8. The Balaban J connectivity index is -0.000000740. The zero-order valence-electron chi connectivity index (χ0n) is 33.2. The van der Waals surface area contributed by atoms with Crippen LogP contribution in [0.2, 0.25) is 0 Å². The average Bonchev–Trinajstić information content (AvgIpc) is 3.67. The van der Waals surface area contributed by atoms with Gasteiger partial charge in [-0.15, -0.1) is 0 Å². The number of anilines is 2. The van der Waals surface area contributed by atoms with E-state index in [4.69, 9.17) is 73.4 Å². The van der Waals surface area contributed by atoms with Crippen LogP contribution in [0.4, 0.5) is 11.6 Å². The first-order chi connectivity index (χ1) is 27.5. The van der Waals surface area contributed by atoms with Gasteiger partial charge in [0, 0.05) is 86.4 Å². The number of carboxylic acids is 5. The molecular formula is C34H48Mn2N10O13S2. The van der Waals surface area contributed by atoms with Crippen LogP contribution in [0.25, 0.3) is 11.5 Å². The summed E-state index contributed by atoms with van der Waals surface area (Å²) in [4.78, 5) is 67.8. The van der Waals surface area contributed by atoms with Crippen molar-refractivity contribution in [3.05, 3.63) is 91.9 Å². The van der Waals surface area contributed by atoms with Crippen molar-refractivity contribution in [2.45, 2.75) is 72.1 Å². The first kappa shape index (κ1) is 60.5. The summed E-state index contributed by atoms with van der Waals surface area (Å²) in [5, 5.41) is 66.7. The molecule has 0 saturated heterocycles. The number of thiazole rings is 2. The number of rotatable bonds is 15. The summed E-state index contributed by atoms with van der Waals surface area (Å²) < 4.78 is 4.22. The number of aryl methyl sites for hydroxylation is 2. The van der Waals surface area contributed by atoms with Crippen molar-refractivity contribution in [3.63, 3.8) is 0 Å². The fraction of sp³-hybridized carbons (Fsp3) is 0.382. The molecule has 23 nitrogen and oxygen atoms in total. The number of nitrogens with one attached hydrogen (secondary N) is 2. The minimum absolute atomic E-state index is 0. The molecule has 4 rings (SSSR count). The van der Waals surface area contributed by atoms with Gasteiger partial charge < -0.3 is 63.8 Å². The van der Waals surface area contributed by atoms with Gasteiger partial charge in [0.2, 0.25) is 11.0 Å². The second kappa shape index (κ2) is 31.1. The number of carboxylic acid groups (broad SMARTS) is 5. The third-order valence-corrected chi connectivity index (χ3v) is 9.53. The van der Waals surface area contributed by atoms with E-state index in [1.165, 1.54) is 9.75 Å². The van der Waals surface area contributed by atoms with Crippen LogP contribution in [-0.4, -0.2) is 109 Å². The normalized spacial score (nSPS) is 9.92. The zero-order valence-corrected chi connectivity index (χ0v) is 37.1. The monoisotopic (exact) mass is 978 g/mol. The maximum Gasteiger partial charge on any atom is 0.336 e. The molecule has 0 aliphatic carbocycles. The number of hydrogen-bond acceptors (Lipinski definition) is 16. The number of aliphatic hydroxyl groups is 3. The van der Waals surface area contributed by atoms with Gasteiger partial charge in [-0.2, -0.15) is 9.13 Å². The molecule has 4 heterocycles. The van der Waals surface area contributed by atoms with Crippen LogP contribution in [0, 0.1) is 40.8 Å². The molecule has 0 aromatic carbocycles. The molecular weight excluding hydrogens is 930 g/mol. The molecule has 4 aromatic heterocycles. The number of nitrogen functional groups attached to an aromatic ring is 2. The maximum atomic E-state index is 10.3. The molecule has 14 N–H and O–H groups in total. The molecule has 0 amide bonds. The summed E-state index contributed by atoms with van der Waals surface area (Å²) in [6.07, 6.45) is 2.65. The summed E-state index contributed by atoms with van der Waals surface area (Å²) in [5.74, 6) is -4.99. The molecule has 0 atom stereocenters. The number of aliphatic hydroxyl groups excluding tert-OH is 2. The standard InChI is InChI=1S/2C12H17N4OS.C6H8O7.2C2H3NO2.2Mn/c2*1-8-11(3-4-17)18-7-16(8)6-10-5-14-9(2)15-12(10)13;7-3(8)1-6(13,5(11)12)2-4(9)10;2*3-1-2(4)5;;/h2*5,7,17H,3-4,6H2,1-2H3,(H2,13,14,15);13H,1-2H2,(H,7,8)(H,9,10)(H,11,12);2*1,3H,(H,4,5);;/q2*+1;;2*-1;;. The van der Waals surface area contributed by atoms with E-state index in [0.717, 1.165) is 22.5 Å². The molecule has 61 heavy (non-hydrogen) atoms. The zero-order chi connectivity index (χ0) is 45.5. The second-order valence-corrected chi connectivity index (χ2v) is 13.6. The third-order valence-electron chi connectivity index (χ3n) is 7.24. The Hall–Kier alpha value is -4.79. The van der Waals surface area contributed by atoms with Crippen LogP contribution in [0.15, 0.2) is 23.4 Å². The minimum Gasteiger partial charge on any atom is -0.666 e. The average molecular weight is 979 g/mol. The molecule has 0 spiro atoms. The van der Waals surface area contributed by atoms with Gasteiger partial charge in [0.15, 0.2) is 30.1 Å². The van der Waals surface area contributed by atoms with E-state index < -0.39 is 48.3 Å². The van der Waals surface area contributed by atoms with Crippen molar-refractivity contribution in [1.82, 2.24) is 19.9 Å². The van der Waals surface area contributed by atoms with Crippen LogP contribution < -0.4 is 20.6 Å². The Morgan fingerprint density at radius 3 is 1.23 bits per heavy atom. The van der Waals surface area contributed by atoms with Gasteiger partial charge >= 0.3 is 17.9 Å². The van der Waals surface area contributed by atoms with Crippen LogP contribution in [0.1, 0.15) is 56.8 Å². The third kappa shape index (κ3) is 23.7. The van der Waals surface area contributed by atoms with Crippen molar-refractivity contribution in [2.24, 2.45) is 0 Å². The number of aliphatic carboxylic acids is 5. The van der Waals surface area contributed by atoms with Gasteiger partial charge in [-0.3, -0.25) is 19.2 Å². The summed E-state index contributed by atoms with van der Waals surface area (Å²) in [5.41, 5.74) is 29.1. The molecule has 4 aromatic rings. The van der Waals surface area contributed by atoms with Gasteiger partial charge in [-0.25, -0.2) is 24.7 Å². The summed E-state index contributed by atoms with van der Waals surface area (Å²) >= 11 is 3.30. The first-order valence-electron chi connectivity index (χ1n) is 16.7. The molecule has 0 saturated carbocycles. The van der Waals surface area contributed by atoms with E-state index in [9.17, 15) is 14.4 Å². The van der Waals surface area contributed by atoms with Gasteiger partial charge in [-0.05, 0) is 26.9 Å². The van der Waals surface area contributed by atoms with E-state index in [-0.39, 0.29) is 47.4 Å². The predicted molar refractivity (Wildman–Crippen MR) is 210 cm³/mol. The largest absolute Gasteiger partial charge is 0.666 e. The molecule has 0 fully saturated rings. The van der Waals surface area contributed by atoms with Crippen LogP contribution in [-0.2, 0) is 84.0 Å². The summed E-state index contributed by atoms with van der Waals surface area (Å²) in [6, 6.07) is 0. The van der Waals surface area contributed by atoms with Crippen LogP contribution in [0.5, 0.6) is 0 Å². The Labute approximate surface area is 379 Å². The molecule has 0 aliphatic rings.